The molecule has 1 aliphatic carbocycles. The first kappa shape index (κ1) is 22.5. The van der Waals surface area contributed by atoms with Crippen LogP contribution in [0.4, 0.5) is 8.78 Å². The molecule has 8 heteroatoms. The largest absolute Gasteiger partial charge is 0.349 e. The van der Waals surface area contributed by atoms with Gasteiger partial charge in [0.2, 0.25) is 0 Å². The molecule has 1 fully saturated rings. The van der Waals surface area contributed by atoms with Gasteiger partial charge in [-0.2, -0.15) is 0 Å². The Kier molecular flexibility index (Phi) is 6.46. The molecule has 0 unspecified atom stereocenters. The van der Waals surface area contributed by atoms with E-state index in [4.69, 9.17) is 5.73 Å². The lowest BCUT2D eigenvalue weighted by molar-refractivity contribution is 0.0942. The monoisotopic (exact) mass is 450 g/mol. The number of aryl methyl sites for hydroxylation is 1. The lowest BCUT2D eigenvalue weighted by atomic mass is 9.99. The smallest absolute Gasteiger partial charge is 0.253 e. The van der Waals surface area contributed by atoms with Gasteiger partial charge in [0.1, 0.15) is 11.6 Å². The van der Waals surface area contributed by atoms with Crippen molar-refractivity contribution < 1.29 is 18.4 Å². The molecule has 33 heavy (non-hydrogen) atoms. The molecule has 3 aromatic rings. The van der Waals surface area contributed by atoms with Crippen LogP contribution in [0.2, 0.25) is 0 Å². The van der Waals surface area contributed by atoms with Crippen LogP contribution in [0.5, 0.6) is 0 Å². The minimum Gasteiger partial charge on any atom is -0.349 e. The van der Waals surface area contributed by atoms with E-state index >= 15 is 0 Å². The zero-order valence-electron chi connectivity index (χ0n) is 18.1. The van der Waals surface area contributed by atoms with Crippen molar-refractivity contribution in [2.75, 3.05) is 0 Å². The van der Waals surface area contributed by atoms with Crippen LogP contribution < -0.4 is 16.4 Å². The Labute approximate surface area is 190 Å². The molecule has 4 N–H and O–H groups in total. The molecular formula is C25H24F2N4O2. The van der Waals surface area contributed by atoms with Crippen LogP contribution in [-0.2, 0) is 13.1 Å². The van der Waals surface area contributed by atoms with Gasteiger partial charge in [0, 0.05) is 42.0 Å². The summed E-state index contributed by atoms with van der Waals surface area (Å²) in [5, 5.41) is 5.58. The summed E-state index contributed by atoms with van der Waals surface area (Å²) in [6.07, 6.45) is 3.22. The van der Waals surface area contributed by atoms with E-state index in [0.717, 1.165) is 18.4 Å². The number of amides is 2. The molecule has 0 atom stereocenters. The van der Waals surface area contributed by atoms with E-state index in [0.29, 0.717) is 22.4 Å². The summed E-state index contributed by atoms with van der Waals surface area (Å²) in [6, 6.07) is 10.4. The Morgan fingerprint density at radius 2 is 1.85 bits per heavy atom. The number of aromatic nitrogens is 1. The van der Waals surface area contributed by atoms with E-state index in [1.165, 1.54) is 24.4 Å². The molecule has 2 amide bonds. The van der Waals surface area contributed by atoms with E-state index in [-0.39, 0.29) is 47.9 Å². The summed E-state index contributed by atoms with van der Waals surface area (Å²) < 4.78 is 28.1. The van der Waals surface area contributed by atoms with E-state index in [9.17, 15) is 18.4 Å². The number of carbonyl (C=O) groups is 2. The van der Waals surface area contributed by atoms with E-state index in [2.05, 4.69) is 15.6 Å². The zero-order chi connectivity index (χ0) is 23.5. The van der Waals surface area contributed by atoms with E-state index < -0.39 is 5.82 Å². The first-order chi connectivity index (χ1) is 15.9. The average molecular weight is 450 g/mol. The fraction of sp³-hybridized carbons (Fsp3) is 0.240. The number of benzene rings is 2. The molecule has 1 aliphatic rings. The van der Waals surface area contributed by atoms with Gasteiger partial charge >= 0.3 is 0 Å². The number of halogens is 2. The van der Waals surface area contributed by atoms with Crippen molar-refractivity contribution in [1.29, 1.82) is 0 Å². The maximum absolute atomic E-state index is 14.7. The van der Waals surface area contributed by atoms with Gasteiger partial charge in [0.15, 0.2) is 0 Å². The third-order valence-electron chi connectivity index (χ3n) is 5.63. The molecule has 1 saturated carbocycles. The van der Waals surface area contributed by atoms with Gasteiger partial charge in [-0.05, 0) is 67.3 Å². The molecule has 0 bridgehead atoms. The maximum Gasteiger partial charge on any atom is 0.253 e. The van der Waals surface area contributed by atoms with Crippen LogP contribution >= 0.6 is 0 Å². The summed E-state index contributed by atoms with van der Waals surface area (Å²) in [5.74, 6) is -1.66. The predicted octanol–water partition coefficient (Wildman–Crippen LogP) is 3.62. The molecule has 170 valence electrons. The highest BCUT2D eigenvalue weighted by Crippen LogP contribution is 2.27. The molecular weight excluding hydrogens is 426 g/mol. The van der Waals surface area contributed by atoms with Gasteiger partial charge in [-0.3, -0.25) is 14.6 Å². The third kappa shape index (κ3) is 5.23. The zero-order valence-corrected chi connectivity index (χ0v) is 18.1. The van der Waals surface area contributed by atoms with Crippen molar-refractivity contribution in [3.05, 3.63) is 88.1 Å². The van der Waals surface area contributed by atoms with Gasteiger partial charge in [-0.25, -0.2) is 8.78 Å². The molecule has 0 saturated heterocycles. The molecule has 0 aliphatic heterocycles. The minimum absolute atomic E-state index is 0.0669. The SMILES string of the molecule is Cc1ccc(F)cc1CNC(=O)c1ccc(-c2cc(C(=O)NC3CC3)cc(F)c2CN)nc1. The highest BCUT2D eigenvalue weighted by atomic mass is 19.1. The highest BCUT2D eigenvalue weighted by Gasteiger charge is 2.25. The van der Waals surface area contributed by atoms with E-state index in [1.54, 1.807) is 24.3 Å². The van der Waals surface area contributed by atoms with Gasteiger partial charge in [-0.15, -0.1) is 0 Å². The minimum atomic E-state index is -0.579. The van der Waals surface area contributed by atoms with Crippen molar-refractivity contribution in [1.82, 2.24) is 15.6 Å². The summed E-state index contributed by atoms with van der Waals surface area (Å²) in [5.41, 5.74) is 8.82. The number of hydrogen-bond acceptors (Lipinski definition) is 4. The first-order valence-corrected chi connectivity index (χ1v) is 10.7. The van der Waals surface area contributed by atoms with Crippen LogP contribution in [0.15, 0.2) is 48.7 Å². The van der Waals surface area contributed by atoms with Crippen LogP contribution in [0.25, 0.3) is 11.3 Å². The molecule has 4 rings (SSSR count). The fourth-order valence-electron chi connectivity index (χ4n) is 3.50. The number of hydrogen-bond donors (Lipinski definition) is 3. The quantitative estimate of drug-likeness (QED) is 0.512. The number of carbonyl (C=O) groups excluding carboxylic acids is 2. The van der Waals surface area contributed by atoms with Crippen molar-refractivity contribution in [2.45, 2.75) is 38.9 Å². The number of nitrogens with zero attached hydrogens (tertiary/aromatic N) is 1. The predicted molar refractivity (Wildman–Crippen MR) is 120 cm³/mol. The van der Waals surface area contributed by atoms with Crippen molar-refractivity contribution in [3.8, 4) is 11.3 Å². The third-order valence-corrected chi connectivity index (χ3v) is 5.63. The summed E-state index contributed by atoms with van der Waals surface area (Å²) >= 11 is 0. The Hall–Kier alpha value is -3.65. The van der Waals surface area contributed by atoms with Crippen LogP contribution in [0.1, 0.15) is 50.2 Å². The second-order valence-electron chi connectivity index (χ2n) is 8.12. The van der Waals surface area contributed by atoms with Gasteiger partial charge < -0.3 is 16.4 Å². The van der Waals surface area contributed by atoms with E-state index in [1.807, 2.05) is 6.92 Å². The lowest BCUT2D eigenvalue weighted by Gasteiger charge is -2.13. The molecule has 2 aromatic carbocycles. The Bertz CT molecular complexity index is 1210. The molecule has 6 nitrogen and oxygen atoms in total. The Morgan fingerprint density at radius 3 is 2.52 bits per heavy atom. The van der Waals surface area contributed by atoms with Crippen molar-refractivity contribution >= 4 is 11.8 Å². The molecule has 1 heterocycles. The summed E-state index contributed by atoms with van der Waals surface area (Å²) in [7, 11) is 0. The standard InChI is InChI=1S/C25H24F2N4O2/c1-14-2-4-18(26)8-17(14)13-30-24(32)15-3-7-23(29-12-15)20-9-16(10-22(27)21(20)11-28)25(33)31-19-5-6-19/h2-4,7-10,12,19H,5-6,11,13,28H2,1H3,(H,30,32)(H,31,33). The fourth-order valence-corrected chi connectivity index (χ4v) is 3.50. The molecule has 1 aromatic heterocycles. The Morgan fingerprint density at radius 1 is 1.06 bits per heavy atom. The summed E-state index contributed by atoms with van der Waals surface area (Å²) in [4.78, 5) is 29.2. The van der Waals surface area contributed by atoms with Crippen LogP contribution in [0, 0.1) is 18.6 Å². The van der Waals surface area contributed by atoms with Gasteiger partial charge in [0.05, 0.1) is 11.3 Å². The first-order valence-electron chi connectivity index (χ1n) is 10.7. The van der Waals surface area contributed by atoms with Gasteiger partial charge in [0.25, 0.3) is 11.8 Å². The average Bonchev–Trinajstić information content (AvgIpc) is 3.63. The lowest BCUT2D eigenvalue weighted by Crippen LogP contribution is -2.25. The second kappa shape index (κ2) is 9.46. The van der Waals surface area contributed by atoms with Crippen LogP contribution in [0.3, 0.4) is 0 Å². The van der Waals surface area contributed by atoms with Crippen LogP contribution in [-0.4, -0.2) is 22.8 Å². The number of nitrogens with two attached hydrogens (primary N) is 1. The number of rotatable bonds is 7. The molecule has 0 spiro atoms. The van der Waals surface area contributed by atoms with Crippen molar-refractivity contribution in [2.24, 2.45) is 5.73 Å². The summed E-state index contributed by atoms with van der Waals surface area (Å²) in [6.45, 7) is 1.94. The number of nitrogens with one attached hydrogen (secondary N) is 2. The Balaban J connectivity index is 1.53. The van der Waals surface area contributed by atoms with Crippen molar-refractivity contribution in [3.63, 3.8) is 0 Å². The molecule has 0 radical (unpaired) electrons. The highest BCUT2D eigenvalue weighted by molar-refractivity contribution is 5.96. The second-order valence-corrected chi connectivity index (χ2v) is 8.12. The maximum atomic E-state index is 14.7. The van der Waals surface area contributed by atoms with Gasteiger partial charge in [-0.1, -0.05) is 6.07 Å². The topological polar surface area (TPSA) is 97.1 Å². The normalized spacial score (nSPS) is 13.0. The number of pyridine rings is 1.